The maximum Gasteiger partial charge on any atom is 0.274 e. The molecule has 0 spiro atoms. The van der Waals surface area contributed by atoms with Gasteiger partial charge in [0, 0.05) is 12.7 Å². The minimum absolute atomic E-state index is 0.00398. The Morgan fingerprint density at radius 2 is 1.76 bits per heavy atom. The molecule has 0 aliphatic heterocycles. The van der Waals surface area contributed by atoms with Crippen molar-refractivity contribution >= 4 is 5.91 Å². The lowest BCUT2D eigenvalue weighted by atomic mass is 10.2. The predicted octanol–water partition coefficient (Wildman–Crippen LogP) is 2.53. The highest BCUT2D eigenvalue weighted by molar-refractivity contribution is 5.93. The first-order valence-corrected chi connectivity index (χ1v) is 6.47. The zero-order chi connectivity index (χ0) is 14.9. The van der Waals surface area contributed by atoms with Crippen molar-refractivity contribution in [2.75, 3.05) is 13.9 Å². The average molecular weight is 287 g/mol. The zero-order valence-corrected chi connectivity index (χ0v) is 11.7. The van der Waals surface area contributed by atoms with E-state index in [4.69, 9.17) is 9.57 Å². The van der Waals surface area contributed by atoms with Crippen molar-refractivity contribution in [1.29, 1.82) is 0 Å². The molecule has 0 aliphatic carbocycles. The molecule has 5 heteroatoms. The van der Waals surface area contributed by atoms with E-state index in [9.17, 15) is 4.79 Å². The van der Waals surface area contributed by atoms with Gasteiger partial charge < -0.3 is 9.47 Å². The molecule has 0 radical (unpaired) electrons. The molecule has 21 heavy (non-hydrogen) atoms. The molecule has 0 aromatic heterocycles. The Balaban J connectivity index is 1.85. The molecule has 0 fully saturated rings. The average Bonchev–Trinajstić information content (AvgIpc) is 2.54. The summed E-state index contributed by atoms with van der Waals surface area (Å²) in [6.07, 6.45) is 0. The summed E-state index contributed by atoms with van der Waals surface area (Å²) in [5.74, 6) is 0.370. The Labute approximate surface area is 123 Å². The number of hydrogen-bond acceptors (Lipinski definition) is 4. The third-order valence-electron chi connectivity index (χ3n) is 2.71. The molecule has 2 aromatic rings. The monoisotopic (exact) mass is 287 g/mol. The van der Waals surface area contributed by atoms with Gasteiger partial charge in [-0.1, -0.05) is 30.3 Å². The van der Waals surface area contributed by atoms with E-state index in [1.54, 1.807) is 24.3 Å². The largest absolute Gasteiger partial charge is 0.489 e. The van der Waals surface area contributed by atoms with Crippen LogP contribution < -0.4 is 10.2 Å². The molecule has 0 aliphatic rings. The van der Waals surface area contributed by atoms with Gasteiger partial charge in [0.05, 0.1) is 0 Å². The molecule has 0 bridgehead atoms. The number of hydrogen-bond donors (Lipinski definition) is 1. The maximum atomic E-state index is 11.7. The molecule has 2 aromatic carbocycles. The van der Waals surface area contributed by atoms with Crippen LogP contribution in [0.2, 0.25) is 0 Å². The lowest BCUT2D eigenvalue weighted by Crippen LogP contribution is -2.24. The third-order valence-corrected chi connectivity index (χ3v) is 2.71. The first kappa shape index (κ1) is 15.0. The van der Waals surface area contributed by atoms with Gasteiger partial charge in [-0.05, 0) is 29.8 Å². The predicted molar refractivity (Wildman–Crippen MR) is 77.6 cm³/mol. The van der Waals surface area contributed by atoms with Crippen molar-refractivity contribution in [1.82, 2.24) is 5.48 Å². The lowest BCUT2D eigenvalue weighted by Gasteiger charge is -2.08. The second kappa shape index (κ2) is 8.04. The number of carbonyl (C=O) groups excluding carboxylic acids is 1. The van der Waals surface area contributed by atoms with Gasteiger partial charge in [-0.15, -0.1) is 0 Å². The number of rotatable bonds is 7. The number of ether oxygens (including phenoxy) is 2. The van der Waals surface area contributed by atoms with Crippen LogP contribution in [0.15, 0.2) is 54.6 Å². The highest BCUT2D eigenvalue weighted by atomic mass is 16.8. The summed E-state index contributed by atoms with van der Waals surface area (Å²) in [7, 11) is 1.48. The summed E-state index contributed by atoms with van der Waals surface area (Å²) in [5.41, 5.74) is 3.85. The molecule has 0 saturated heterocycles. The SMILES string of the molecule is COCONC(=O)c1ccc(OCc2ccccc2)cc1. The zero-order valence-electron chi connectivity index (χ0n) is 11.7. The number of nitrogens with one attached hydrogen (secondary N) is 1. The summed E-state index contributed by atoms with van der Waals surface area (Å²) >= 11 is 0. The minimum Gasteiger partial charge on any atom is -0.489 e. The Morgan fingerprint density at radius 3 is 2.43 bits per heavy atom. The lowest BCUT2D eigenvalue weighted by molar-refractivity contribution is -0.0704. The van der Waals surface area contributed by atoms with Crippen molar-refractivity contribution in [3.8, 4) is 5.75 Å². The van der Waals surface area contributed by atoms with E-state index in [2.05, 4.69) is 10.2 Å². The fraction of sp³-hybridized carbons (Fsp3) is 0.188. The normalized spacial score (nSPS) is 10.1. The van der Waals surface area contributed by atoms with E-state index in [1.165, 1.54) is 7.11 Å². The molecule has 0 saturated carbocycles. The van der Waals surface area contributed by atoms with Crippen LogP contribution in [-0.4, -0.2) is 19.8 Å². The quantitative estimate of drug-likeness (QED) is 0.483. The number of carbonyl (C=O) groups is 1. The first-order chi connectivity index (χ1) is 10.3. The maximum absolute atomic E-state index is 11.7. The molecule has 0 unspecified atom stereocenters. The van der Waals surface area contributed by atoms with E-state index in [1.807, 2.05) is 30.3 Å². The Bertz CT molecular complexity index is 554. The van der Waals surface area contributed by atoms with Gasteiger partial charge >= 0.3 is 0 Å². The number of amides is 1. The van der Waals surface area contributed by atoms with Gasteiger partial charge in [0.15, 0.2) is 6.79 Å². The van der Waals surface area contributed by atoms with E-state index in [0.717, 1.165) is 5.56 Å². The summed E-state index contributed by atoms with van der Waals surface area (Å²) in [6, 6.07) is 16.7. The molecular weight excluding hydrogens is 270 g/mol. The molecule has 0 heterocycles. The van der Waals surface area contributed by atoms with E-state index >= 15 is 0 Å². The summed E-state index contributed by atoms with van der Waals surface area (Å²) in [5, 5.41) is 0. The van der Waals surface area contributed by atoms with Crippen LogP contribution in [0.1, 0.15) is 15.9 Å². The van der Waals surface area contributed by atoms with Crippen molar-refractivity contribution in [3.05, 3.63) is 65.7 Å². The summed E-state index contributed by atoms with van der Waals surface area (Å²) in [6.45, 7) is 0.493. The van der Waals surface area contributed by atoms with Crippen molar-refractivity contribution in [2.24, 2.45) is 0 Å². The van der Waals surface area contributed by atoms with Gasteiger partial charge in [-0.2, -0.15) is 0 Å². The van der Waals surface area contributed by atoms with E-state index < -0.39 is 0 Å². The fourth-order valence-corrected chi connectivity index (χ4v) is 1.66. The number of benzene rings is 2. The van der Waals surface area contributed by atoms with Crippen molar-refractivity contribution in [3.63, 3.8) is 0 Å². The first-order valence-electron chi connectivity index (χ1n) is 6.47. The second-order valence-electron chi connectivity index (χ2n) is 4.28. The summed E-state index contributed by atoms with van der Waals surface area (Å²) in [4.78, 5) is 16.5. The van der Waals surface area contributed by atoms with E-state index in [0.29, 0.717) is 17.9 Å². The van der Waals surface area contributed by atoms with Gasteiger partial charge in [-0.25, -0.2) is 10.3 Å². The second-order valence-corrected chi connectivity index (χ2v) is 4.28. The van der Waals surface area contributed by atoms with Crippen molar-refractivity contribution < 1.29 is 19.1 Å². The highest BCUT2D eigenvalue weighted by Gasteiger charge is 2.05. The fourth-order valence-electron chi connectivity index (χ4n) is 1.66. The molecule has 110 valence electrons. The van der Waals surface area contributed by atoms with Crippen LogP contribution >= 0.6 is 0 Å². The highest BCUT2D eigenvalue weighted by Crippen LogP contribution is 2.14. The third kappa shape index (κ3) is 4.91. The molecule has 0 atom stereocenters. The Morgan fingerprint density at radius 1 is 1.05 bits per heavy atom. The topological polar surface area (TPSA) is 56.8 Å². The molecule has 1 amide bonds. The summed E-state index contributed by atoms with van der Waals surface area (Å²) < 4.78 is 10.3. The molecule has 2 rings (SSSR count). The smallest absolute Gasteiger partial charge is 0.274 e. The Hall–Kier alpha value is -2.37. The van der Waals surface area contributed by atoms with Gasteiger partial charge in [0.1, 0.15) is 12.4 Å². The molecule has 1 N–H and O–H groups in total. The van der Waals surface area contributed by atoms with Crippen LogP contribution in [0.4, 0.5) is 0 Å². The van der Waals surface area contributed by atoms with Crippen LogP contribution in [0.3, 0.4) is 0 Å². The van der Waals surface area contributed by atoms with Crippen LogP contribution in [0.25, 0.3) is 0 Å². The number of methoxy groups -OCH3 is 1. The van der Waals surface area contributed by atoms with Crippen LogP contribution in [0, 0.1) is 0 Å². The van der Waals surface area contributed by atoms with Gasteiger partial charge in [-0.3, -0.25) is 4.79 Å². The van der Waals surface area contributed by atoms with Gasteiger partial charge in [0.2, 0.25) is 0 Å². The van der Waals surface area contributed by atoms with Crippen LogP contribution in [-0.2, 0) is 16.2 Å². The Kier molecular flexibility index (Phi) is 5.75. The standard InChI is InChI=1S/C16H17NO4/c1-19-12-21-17-16(18)14-7-9-15(10-8-14)20-11-13-5-3-2-4-6-13/h2-10H,11-12H2,1H3,(H,17,18). The molecular formula is C16H17NO4. The van der Waals surface area contributed by atoms with Crippen molar-refractivity contribution in [2.45, 2.75) is 6.61 Å². The van der Waals surface area contributed by atoms with Gasteiger partial charge in [0.25, 0.3) is 5.91 Å². The van der Waals surface area contributed by atoms with Crippen LogP contribution in [0.5, 0.6) is 5.75 Å². The number of hydroxylamine groups is 1. The molecule has 5 nitrogen and oxygen atoms in total. The van der Waals surface area contributed by atoms with E-state index in [-0.39, 0.29) is 12.7 Å². The minimum atomic E-state index is -0.332.